The fourth-order valence-electron chi connectivity index (χ4n) is 8.08. The first-order chi connectivity index (χ1) is 29.1. The van der Waals surface area contributed by atoms with Gasteiger partial charge in [0.2, 0.25) is 0 Å². The van der Waals surface area contributed by atoms with E-state index in [9.17, 15) is 14.4 Å². The zero-order valence-corrected chi connectivity index (χ0v) is 41.3. The average molecular weight is 849 g/mol. The van der Waals surface area contributed by atoms with E-state index in [0.29, 0.717) is 19.3 Å². The highest BCUT2D eigenvalue weighted by Gasteiger charge is 2.19. The van der Waals surface area contributed by atoms with Gasteiger partial charge in [0.25, 0.3) is 0 Å². The molecule has 0 radical (unpaired) electrons. The highest BCUT2D eigenvalue weighted by molar-refractivity contribution is 5.71. The summed E-state index contributed by atoms with van der Waals surface area (Å²) < 4.78 is 16.8. The second kappa shape index (κ2) is 45.4. The maximum absolute atomic E-state index is 12.8. The van der Waals surface area contributed by atoms with Gasteiger partial charge in [0.05, 0.1) is 0 Å². The maximum Gasteiger partial charge on any atom is 0.306 e. The van der Waals surface area contributed by atoms with Crippen LogP contribution in [0.3, 0.4) is 0 Å². The lowest BCUT2D eigenvalue weighted by molar-refractivity contribution is -0.167. The molecule has 0 aliphatic carbocycles. The van der Waals surface area contributed by atoms with Crippen molar-refractivity contribution in [2.75, 3.05) is 13.2 Å². The third kappa shape index (κ3) is 45.9. The molecule has 1 unspecified atom stereocenters. The Labute approximate surface area is 374 Å². The van der Waals surface area contributed by atoms with Crippen LogP contribution >= 0.6 is 0 Å². The van der Waals surface area contributed by atoms with Crippen LogP contribution in [0.1, 0.15) is 292 Å². The van der Waals surface area contributed by atoms with Gasteiger partial charge in [-0.25, -0.2) is 0 Å². The average Bonchev–Trinajstić information content (AvgIpc) is 3.22. The number of hydrogen-bond donors (Lipinski definition) is 0. The molecule has 0 heterocycles. The predicted octanol–water partition coefficient (Wildman–Crippen LogP) is 17.2. The second-order valence-corrected chi connectivity index (χ2v) is 19.7. The molecule has 6 nitrogen and oxygen atoms in total. The number of ether oxygens (including phenoxy) is 3. The van der Waals surface area contributed by atoms with Crippen molar-refractivity contribution in [2.45, 2.75) is 298 Å². The van der Waals surface area contributed by atoms with Gasteiger partial charge in [-0.15, -0.1) is 0 Å². The quantitative estimate of drug-likeness (QED) is 0.0345. The van der Waals surface area contributed by atoms with Crippen molar-refractivity contribution in [1.29, 1.82) is 0 Å². The van der Waals surface area contributed by atoms with Gasteiger partial charge in [0.1, 0.15) is 13.2 Å². The normalized spacial score (nSPS) is 12.6. The van der Waals surface area contributed by atoms with Gasteiger partial charge >= 0.3 is 17.9 Å². The van der Waals surface area contributed by atoms with Crippen LogP contribution < -0.4 is 0 Å². The number of hydrogen-bond acceptors (Lipinski definition) is 6. The Kier molecular flexibility index (Phi) is 44.2. The van der Waals surface area contributed by atoms with Gasteiger partial charge < -0.3 is 14.2 Å². The molecule has 0 amide bonds. The van der Waals surface area contributed by atoms with Crippen LogP contribution in [0.25, 0.3) is 0 Å². The van der Waals surface area contributed by atoms with Gasteiger partial charge in [-0.05, 0) is 37.0 Å². The minimum Gasteiger partial charge on any atom is -0.462 e. The molecule has 6 heteroatoms. The SMILES string of the molecule is CCC(C)CCCCCCCCCCCCCCCCC(=O)OC[C@@H](COC(=O)CCCCCCCCCCCCCC(C)C)OC(=O)CCCCCCCCCC(C)C. The third-order valence-corrected chi connectivity index (χ3v) is 12.5. The zero-order chi connectivity index (χ0) is 44.2. The summed E-state index contributed by atoms with van der Waals surface area (Å²) in [6.45, 7) is 13.7. The van der Waals surface area contributed by atoms with E-state index in [2.05, 4.69) is 41.5 Å². The van der Waals surface area contributed by atoms with Crippen molar-refractivity contribution in [3.63, 3.8) is 0 Å². The van der Waals surface area contributed by atoms with E-state index in [1.165, 1.54) is 173 Å². The van der Waals surface area contributed by atoms with E-state index in [-0.39, 0.29) is 31.1 Å². The first-order valence-electron chi connectivity index (χ1n) is 26.6. The number of esters is 3. The Bertz CT molecular complexity index is 931. The molecule has 0 aromatic rings. The van der Waals surface area contributed by atoms with Gasteiger partial charge in [-0.2, -0.15) is 0 Å². The fourth-order valence-corrected chi connectivity index (χ4v) is 8.08. The molecule has 0 aliphatic heterocycles. The highest BCUT2D eigenvalue weighted by Crippen LogP contribution is 2.18. The highest BCUT2D eigenvalue weighted by atomic mass is 16.6. The van der Waals surface area contributed by atoms with Crippen LogP contribution in [0.15, 0.2) is 0 Å². The fraction of sp³-hybridized carbons (Fsp3) is 0.944. The Morgan fingerprint density at radius 3 is 0.867 bits per heavy atom. The lowest BCUT2D eigenvalue weighted by Gasteiger charge is -2.18. The third-order valence-electron chi connectivity index (χ3n) is 12.5. The van der Waals surface area contributed by atoms with Crippen molar-refractivity contribution in [3.8, 4) is 0 Å². The smallest absolute Gasteiger partial charge is 0.306 e. The summed E-state index contributed by atoms with van der Waals surface area (Å²) in [6, 6.07) is 0. The van der Waals surface area contributed by atoms with Crippen molar-refractivity contribution in [3.05, 3.63) is 0 Å². The van der Waals surface area contributed by atoms with E-state index in [0.717, 1.165) is 75.5 Å². The van der Waals surface area contributed by atoms with Crippen LogP contribution in [-0.2, 0) is 28.6 Å². The molecule has 60 heavy (non-hydrogen) atoms. The van der Waals surface area contributed by atoms with E-state index in [1.54, 1.807) is 0 Å². The van der Waals surface area contributed by atoms with Crippen LogP contribution in [-0.4, -0.2) is 37.2 Å². The zero-order valence-electron chi connectivity index (χ0n) is 41.3. The van der Waals surface area contributed by atoms with E-state index in [1.807, 2.05) is 0 Å². The molecular weight excluding hydrogens is 745 g/mol. The Morgan fingerprint density at radius 1 is 0.333 bits per heavy atom. The van der Waals surface area contributed by atoms with Crippen molar-refractivity contribution in [1.82, 2.24) is 0 Å². The molecule has 0 aliphatic rings. The maximum atomic E-state index is 12.8. The summed E-state index contributed by atoms with van der Waals surface area (Å²) in [4.78, 5) is 37.9. The number of carbonyl (C=O) groups excluding carboxylic acids is 3. The largest absolute Gasteiger partial charge is 0.462 e. The molecule has 0 saturated carbocycles. The minimum absolute atomic E-state index is 0.0651. The monoisotopic (exact) mass is 849 g/mol. The molecule has 0 spiro atoms. The molecule has 0 bridgehead atoms. The first kappa shape index (κ1) is 58.4. The van der Waals surface area contributed by atoms with Crippen LogP contribution in [0.5, 0.6) is 0 Å². The molecule has 0 fully saturated rings. The Hall–Kier alpha value is -1.59. The molecule has 0 N–H and O–H groups in total. The molecule has 0 aromatic carbocycles. The summed E-state index contributed by atoms with van der Waals surface area (Å²) >= 11 is 0. The lowest BCUT2D eigenvalue weighted by atomic mass is 9.99. The van der Waals surface area contributed by atoms with E-state index < -0.39 is 6.10 Å². The van der Waals surface area contributed by atoms with Crippen LogP contribution in [0, 0.1) is 17.8 Å². The second-order valence-electron chi connectivity index (χ2n) is 19.7. The molecule has 0 saturated heterocycles. The molecule has 356 valence electrons. The lowest BCUT2D eigenvalue weighted by Crippen LogP contribution is -2.30. The number of unbranched alkanes of at least 4 members (excludes halogenated alkanes) is 29. The first-order valence-corrected chi connectivity index (χ1v) is 26.6. The van der Waals surface area contributed by atoms with Crippen LogP contribution in [0.2, 0.25) is 0 Å². The summed E-state index contributed by atoms with van der Waals surface area (Å²) in [6.07, 6.45) is 45.2. The van der Waals surface area contributed by atoms with Crippen molar-refractivity contribution >= 4 is 17.9 Å². The standard InChI is InChI=1S/C54H104O6/c1-7-50(6)42-36-30-24-18-14-10-8-9-11-15-19-25-31-37-43-52(55)58-46-51(60-54(57)45-39-33-27-21-23-29-35-41-49(4)5)47-59-53(56)44-38-32-26-20-16-12-13-17-22-28-34-40-48(2)3/h48-51H,7-47H2,1-6H3/t50?,51-/m0/s1. The van der Waals surface area contributed by atoms with E-state index in [4.69, 9.17) is 14.2 Å². The summed E-state index contributed by atoms with van der Waals surface area (Å²) in [7, 11) is 0. The molecular formula is C54H104O6. The minimum atomic E-state index is -0.763. The number of carbonyl (C=O) groups is 3. The summed E-state index contributed by atoms with van der Waals surface area (Å²) in [5, 5.41) is 0. The Balaban J connectivity index is 4.25. The van der Waals surface area contributed by atoms with Gasteiger partial charge in [-0.1, -0.05) is 253 Å². The predicted molar refractivity (Wildman–Crippen MR) is 256 cm³/mol. The topological polar surface area (TPSA) is 78.9 Å². The van der Waals surface area contributed by atoms with Gasteiger partial charge in [0, 0.05) is 19.3 Å². The van der Waals surface area contributed by atoms with E-state index >= 15 is 0 Å². The van der Waals surface area contributed by atoms with Crippen molar-refractivity contribution in [2.24, 2.45) is 17.8 Å². The van der Waals surface area contributed by atoms with Crippen molar-refractivity contribution < 1.29 is 28.6 Å². The summed E-state index contributed by atoms with van der Waals surface area (Å²) in [5.74, 6) is 1.65. The number of rotatable bonds is 47. The summed E-state index contributed by atoms with van der Waals surface area (Å²) in [5.41, 5.74) is 0. The van der Waals surface area contributed by atoms with Gasteiger partial charge in [0.15, 0.2) is 6.10 Å². The molecule has 0 aromatic heterocycles. The molecule has 2 atom stereocenters. The van der Waals surface area contributed by atoms with Crippen LogP contribution in [0.4, 0.5) is 0 Å². The molecule has 0 rings (SSSR count). The Morgan fingerprint density at radius 2 is 0.583 bits per heavy atom. The van der Waals surface area contributed by atoms with Gasteiger partial charge in [-0.3, -0.25) is 14.4 Å².